The fraction of sp³-hybridized carbons (Fsp3) is 0.143. The second kappa shape index (κ2) is 4.26. The average molecular weight is 260 g/mol. The fourth-order valence-electron chi connectivity index (χ4n) is 2.00. The minimum Gasteiger partial charge on any atom is -0.391 e. The second-order valence-electron chi connectivity index (χ2n) is 4.00. The predicted octanol–water partition coefficient (Wildman–Crippen LogP) is 4.43. The van der Waals surface area contributed by atoms with Crippen LogP contribution in [0, 0.1) is 6.92 Å². The average Bonchev–Trinajstić information content (AvgIpc) is 2.91. The van der Waals surface area contributed by atoms with Gasteiger partial charge in [-0.1, -0.05) is 18.2 Å². The molecular weight excluding hydrogens is 248 g/mol. The Morgan fingerprint density at radius 1 is 1.12 bits per heavy atom. The molecule has 0 fully saturated rings. The van der Waals surface area contributed by atoms with Gasteiger partial charge in [0.15, 0.2) is 0 Å². The molecule has 2 heterocycles. The lowest BCUT2D eigenvalue weighted by Crippen LogP contribution is -1.78. The van der Waals surface area contributed by atoms with Crippen molar-refractivity contribution in [2.45, 2.75) is 13.5 Å². The quantitative estimate of drug-likeness (QED) is 0.722. The summed E-state index contributed by atoms with van der Waals surface area (Å²) in [5, 5.41) is 10.7. The molecule has 0 amide bonds. The van der Waals surface area contributed by atoms with Crippen LogP contribution in [0.3, 0.4) is 0 Å². The molecule has 3 rings (SSSR count). The minimum atomic E-state index is 0.127. The topological polar surface area (TPSA) is 20.2 Å². The number of hydrogen-bond acceptors (Lipinski definition) is 3. The van der Waals surface area contributed by atoms with Crippen LogP contribution in [0.15, 0.2) is 36.4 Å². The largest absolute Gasteiger partial charge is 0.391 e. The highest BCUT2D eigenvalue weighted by Crippen LogP contribution is 2.38. The fourth-order valence-corrected chi connectivity index (χ4v) is 4.08. The third kappa shape index (κ3) is 1.90. The zero-order chi connectivity index (χ0) is 11.8. The zero-order valence-corrected chi connectivity index (χ0v) is 11.1. The van der Waals surface area contributed by atoms with E-state index in [1.807, 2.05) is 0 Å². The Balaban J connectivity index is 2.19. The van der Waals surface area contributed by atoms with Crippen LogP contribution in [0.4, 0.5) is 0 Å². The molecule has 0 saturated heterocycles. The van der Waals surface area contributed by atoms with Gasteiger partial charge >= 0.3 is 0 Å². The lowest BCUT2D eigenvalue weighted by molar-refractivity contribution is 0.286. The summed E-state index contributed by atoms with van der Waals surface area (Å²) >= 11 is 3.46. The molecule has 17 heavy (non-hydrogen) atoms. The highest BCUT2D eigenvalue weighted by molar-refractivity contribution is 7.22. The third-order valence-electron chi connectivity index (χ3n) is 2.77. The number of thiophene rings is 2. The van der Waals surface area contributed by atoms with E-state index in [4.69, 9.17) is 0 Å². The van der Waals surface area contributed by atoms with Crippen molar-refractivity contribution in [3.8, 4) is 10.4 Å². The number of fused-ring (bicyclic) bond motifs is 1. The van der Waals surface area contributed by atoms with E-state index in [2.05, 4.69) is 43.3 Å². The van der Waals surface area contributed by atoms with Crippen molar-refractivity contribution < 1.29 is 5.11 Å². The first kappa shape index (κ1) is 11.0. The molecule has 86 valence electrons. The van der Waals surface area contributed by atoms with E-state index in [9.17, 15) is 5.11 Å². The summed E-state index contributed by atoms with van der Waals surface area (Å²) in [6.45, 7) is 2.21. The second-order valence-corrected chi connectivity index (χ2v) is 6.43. The molecule has 1 aromatic carbocycles. The molecule has 0 bridgehead atoms. The van der Waals surface area contributed by atoms with Crippen LogP contribution in [-0.2, 0) is 6.61 Å². The summed E-state index contributed by atoms with van der Waals surface area (Å²) in [4.78, 5) is 3.56. The van der Waals surface area contributed by atoms with Gasteiger partial charge in [-0.3, -0.25) is 0 Å². The van der Waals surface area contributed by atoms with Gasteiger partial charge in [-0.2, -0.15) is 0 Å². The van der Waals surface area contributed by atoms with Crippen molar-refractivity contribution in [2.75, 3.05) is 0 Å². The van der Waals surface area contributed by atoms with Crippen LogP contribution in [0.2, 0.25) is 0 Å². The van der Waals surface area contributed by atoms with Crippen LogP contribution in [0.25, 0.3) is 20.5 Å². The van der Waals surface area contributed by atoms with Crippen LogP contribution < -0.4 is 0 Å². The number of hydrogen-bond donors (Lipinski definition) is 1. The third-order valence-corrected chi connectivity index (χ3v) is 4.95. The molecule has 2 aromatic heterocycles. The SMILES string of the molecule is Cc1cc(-c2cc3ccccc3s2)c(CO)s1. The van der Waals surface area contributed by atoms with E-state index in [0.717, 1.165) is 4.88 Å². The number of aliphatic hydroxyl groups excluding tert-OH is 1. The Bertz CT molecular complexity index is 631. The maximum Gasteiger partial charge on any atom is 0.0781 e. The molecular formula is C14H12OS2. The zero-order valence-electron chi connectivity index (χ0n) is 9.43. The first-order chi connectivity index (χ1) is 8.28. The van der Waals surface area contributed by atoms with Crippen molar-refractivity contribution in [3.63, 3.8) is 0 Å². The maximum absolute atomic E-state index is 9.38. The van der Waals surface area contributed by atoms with Crippen molar-refractivity contribution in [2.24, 2.45) is 0 Å². The highest BCUT2D eigenvalue weighted by Gasteiger charge is 2.11. The highest BCUT2D eigenvalue weighted by atomic mass is 32.1. The van der Waals surface area contributed by atoms with E-state index < -0.39 is 0 Å². The monoisotopic (exact) mass is 260 g/mol. The lowest BCUT2D eigenvalue weighted by atomic mass is 10.2. The normalized spacial score (nSPS) is 11.2. The van der Waals surface area contributed by atoms with E-state index in [1.165, 1.54) is 25.4 Å². The summed E-state index contributed by atoms with van der Waals surface area (Å²) < 4.78 is 1.30. The Hall–Kier alpha value is -1.16. The molecule has 0 spiro atoms. The number of benzene rings is 1. The van der Waals surface area contributed by atoms with E-state index in [0.29, 0.717) is 0 Å². The number of aryl methyl sites for hydroxylation is 1. The van der Waals surface area contributed by atoms with E-state index in [-0.39, 0.29) is 6.61 Å². The van der Waals surface area contributed by atoms with Gasteiger partial charge in [0.2, 0.25) is 0 Å². The van der Waals surface area contributed by atoms with Crippen LogP contribution >= 0.6 is 22.7 Å². The molecule has 1 nitrogen and oxygen atoms in total. The molecule has 1 N–H and O–H groups in total. The Morgan fingerprint density at radius 2 is 1.94 bits per heavy atom. The number of aliphatic hydroxyl groups is 1. The molecule has 3 aromatic rings. The van der Waals surface area contributed by atoms with Crippen LogP contribution in [0.5, 0.6) is 0 Å². The molecule has 0 aliphatic rings. The van der Waals surface area contributed by atoms with Gasteiger partial charge in [0.05, 0.1) is 6.61 Å². The molecule has 0 aliphatic heterocycles. The number of rotatable bonds is 2. The smallest absolute Gasteiger partial charge is 0.0781 e. The molecule has 0 atom stereocenters. The van der Waals surface area contributed by atoms with Crippen LogP contribution in [-0.4, -0.2) is 5.11 Å². The Morgan fingerprint density at radius 3 is 2.71 bits per heavy atom. The van der Waals surface area contributed by atoms with Crippen LogP contribution in [0.1, 0.15) is 9.75 Å². The van der Waals surface area contributed by atoms with Gasteiger partial charge in [0.1, 0.15) is 0 Å². The first-order valence-corrected chi connectivity index (χ1v) is 7.10. The Kier molecular flexibility index (Phi) is 2.74. The molecule has 0 unspecified atom stereocenters. The first-order valence-electron chi connectivity index (χ1n) is 5.47. The summed E-state index contributed by atoms with van der Waals surface area (Å²) in [5.74, 6) is 0. The van der Waals surface area contributed by atoms with Crippen molar-refractivity contribution in [1.82, 2.24) is 0 Å². The standard InChI is InChI=1S/C14H12OS2/c1-9-6-11(14(8-15)16-9)13-7-10-4-2-3-5-12(10)17-13/h2-7,15H,8H2,1H3. The molecule has 0 aliphatic carbocycles. The summed E-state index contributed by atoms with van der Waals surface area (Å²) in [5.41, 5.74) is 1.19. The lowest BCUT2D eigenvalue weighted by Gasteiger charge is -1.95. The summed E-state index contributed by atoms with van der Waals surface area (Å²) in [6.07, 6.45) is 0. The van der Waals surface area contributed by atoms with Gasteiger partial charge in [0.25, 0.3) is 0 Å². The summed E-state index contributed by atoms with van der Waals surface area (Å²) in [6, 6.07) is 12.8. The van der Waals surface area contributed by atoms with Gasteiger partial charge in [-0.25, -0.2) is 0 Å². The van der Waals surface area contributed by atoms with Gasteiger partial charge < -0.3 is 5.11 Å². The Labute approximate surface area is 108 Å². The van der Waals surface area contributed by atoms with Crippen molar-refractivity contribution in [3.05, 3.63) is 46.2 Å². The minimum absolute atomic E-state index is 0.127. The maximum atomic E-state index is 9.38. The van der Waals surface area contributed by atoms with Crippen molar-refractivity contribution in [1.29, 1.82) is 0 Å². The van der Waals surface area contributed by atoms with Gasteiger partial charge in [0, 0.05) is 24.9 Å². The predicted molar refractivity (Wildman–Crippen MR) is 75.8 cm³/mol. The molecule has 0 radical (unpaired) electrons. The molecule has 3 heteroatoms. The van der Waals surface area contributed by atoms with E-state index >= 15 is 0 Å². The van der Waals surface area contributed by atoms with Crippen molar-refractivity contribution >= 4 is 32.8 Å². The summed E-state index contributed by atoms with van der Waals surface area (Å²) in [7, 11) is 0. The van der Waals surface area contributed by atoms with Gasteiger partial charge in [-0.05, 0) is 30.5 Å². The van der Waals surface area contributed by atoms with Gasteiger partial charge in [-0.15, -0.1) is 22.7 Å². The van der Waals surface area contributed by atoms with E-state index in [1.54, 1.807) is 22.7 Å². The molecule has 0 saturated carbocycles.